The lowest BCUT2D eigenvalue weighted by Crippen LogP contribution is -2.29. The topological polar surface area (TPSA) is 55.4 Å². The molecule has 1 N–H and O–H groups in total. The Kier molecular flexibility index (Phi) is 5.05. The van der Waals surface area contributed by atoms with Crippen molar-refractivity contribution < 1.29 is 14.3 Å². The molecule has 0 spiro atoms. The average Bonchev–Trinajstić information content (AvgIpc) is 2.28. The van der Waals surface area contributed by atoms with Crippen LogP contribution < -0.4 is 10.1 Å². The molecule has 1 aromatic carbocycles. The van der Waals surface area contributed by atoms with Crippen LogP contribution in [0.2, 0.25) is 0 Å². The van der Waals surface area contributed by atoms with Gasteiger partial charge in [0.15, 0.2) is 0 Å². The monoisotopic (exact) mass is 221 g/mol. The second-order valence-corrected chi connectivity index (χ2v) is 3.39. The molecule has 4 nitrogen and oxygen atoms in total. The Morgan fingerprint density at radius 3 is 2.56 bits per heavy atom. The first kappa shape index (κ1) is 12.2. The molecule has 0 aromatic heterocycles. The Hall–Kier alpha value is -1.84. The summed E-state index contributed by atoms with van der Waals surface area (Å²) in [6, 6.07) is 9.28. The molecule has 0 bridgehead atoms. The van der Waals surface area contributed by atoms with E-state index in [-0.39, 0.29) is 24.7 Å². The van der Waals surface area contributed by atoms with E-state index in [1.54, 1.807) is 0 Å². The number of ketones is 1. The van der Waals surface area contributed by atoms with Crippen LogP contribution in [0, 0.1) is 0 Å². The molecule has 0 aliphatic heterocycles. The molecule has 1 aromatic rings. The summed E-state index contributed by atoms with van der Waals surface area (Å²) in [5.74, 6) is 0.505. The summed E-state index contributed by atoms with van der Waals surface area (Å²) in [5.41, 5.74) is 0. The summed E-state index contributed by atoms with van der Waals surface area (Å²) < 4.78 is 5.34. The lowest BCUT2D eigenvalue weighted by molar-refractivity contribution is -0.124. The first-order valence-corrected chi connectivity index (χ1v) is 5.12. The maximum atomic E-state index is 11.2. The van der Waals surface area contributed by atoms with Gasteiger partial charge in [0.2, 0.25) is 5.91 Å². The van der Waals surface area contributed by atoms with E-state index in [2.05, 4.69) is 5.32 Å². The van der Waals surface area contributed by atoms with Crippen molar-refractivity contribution in [2.75, 3.05) is 13.2 Å². The number of hydrogen-bond acceptors (Lipinski definition) is 3. The van der Waals surface area contributed by atoms with Gasteiger partial charge in [-0.15, -0.1) is 0 Å². The van der Waals surface area contributed by atoms with Crippen molar-refractivity contribution >= 4 is 11.7 Å². The fourth-order valence-corrected chi connectivity index (χ4v) is 1.09. The van der Waals surface area contributed by atoms with Crippen LogP contribution in [0.1, 0.15) is 13.3 Å². The molecular formula is C12H15NO3. The Labute approximate surface area is 94.6 Å². The van der Waals surface area contributed by atoms with E-state index in [4.69, 9.17) is 4.74 Å². The van der Waals surface area contributed by atoms with Gasteiger partial charge < -0.3 is 10.1 Å². The van der Waals surface area contributed by atoms with Crippen LogP contribution in [0.3, 0.4) is 0 Å². The van der Waals surface area contributed by atoms with Gasteiger partial charge in [-0.1, -0.05) is 18.2 Å². The van der Waals surface area contributed by atoms with Gasteiger partial charge >= 0.3 is 0 Å². The molecule has 0 aliphatic rings. The van der Waals surface area contributed by atoms with Crippen LogP contribution in [-0.4, -0.2) is 24.8 Å². The number of hydrogen-bond donors (Lipinski definition) is 1. The predicted octanol–water partition coefficient (Wildman–Crippen LogP) is 1.16. The normalized spacial score (nSPS) is 9.56. The second kappa shape index (κ2) is 6.61. The lowest BCUT2D eigenvalue weighted by atomic mass is 10.3. The third-order valence-corrected chi connectivity index (χ3v) is 1.88. The van der Waals surface area contributed by atoms with Gasteiger partial charge in [-0.25, -0.2) is 0 Å². The van der Waals surface area contributed by atoms with Crippen molar-refractivity contribution in [1.29, 1.82) is 0 Å². The molecule has 86 valence electrons. The first-order valence-electron chi connectivity index (χ1n) is 5.12. The number of nitrogens with one attached hydrogen (secondary N) is 1. The van der Waals surface area contributed by atoms with Crippen LogP contribution in [0.5, 0.6) is 5.75 Å². The van der Waals surface area contributed by atoms with E-state index in [0.717, 1.165) is 5.75 Å². The summed E-state index contributed by atoms with van der Waals surface area (Å²) in [5, 5.41) is 2.50. The Balaban J connectivity index is 2.16. The first-order chi connectivity index (χ1) is 7.68. The van der Waals surface area contributed by atoms with E-state index in [1.165, 1.54) is 6.92 Å². The summed E-state index contributed by atoms with van der Waals surface area (Å²) in [4.78, 5) is 21.8. The summed E-state index contributed by atoms with van der Waals surface area (Å²) in [7, 11) is 0. The van der Waals surface area contributed by atoms with E-state index < -0.39 is 0 Å². The molecule has 0 fully saturated rings. The van der Waals surface area contributed by atoms with Crippen molar-refractivity contribution in [3.8, 4) is 5.75 Å². The molecule has 1 rings (SSSR count). The fourth-order valence-electron chi connectivity index (χ4n) is 1.09. The van der Waals surface area contributed by atoms with Gasteiger partial charge in [-0.3, -0.25) is 9.59 Å². The predicted molar refractivity (Wildman–Crippen MR) is 60.2 cm³/mol. The molecule has 4 heteroatoms. The van der Waals surface area contributed by atoms with Gasteiger partial charge in [0.1, 0.15) is 11.5 Å². The van der Waals surface area contributed by atoms with Crippen LogP contribution in [0.15, 0.2) is 30.3 Å². The summed E-state index contributed by atoms with van der Waals surface area (Å²) in [6.07, 6.45) is 0.252. The highest BCUT2D eigenvalue weighted by atomic mass is 16.5. The minimum Gasteiger partial charge on any atom is -0.493 e. The fraction of sp³-hybridized carbons (Fsp3) is 0.333. The van der Waals surface area contributed by atoms with Crippen molar-refractivity contribution in [2.24, 2.45) is 0 Å². The number of amides is 1. The van der Waals surface area contributed by atoms with Gasteiger partial charge in [-0.2, -0.15) is 0 Å². The number of para-hydroxylation sites is 1. The van der Waals surface area contributed by atoms with Crippen LogP contribution >= 0.6 is 0 Å². The third-order valence-electron chi connectivity index (χ3n) is 1.88. The van der Waals surface area contributed by atoms with E-state index in [0.29, 0.717) is 6.61 Å². The molecule has 0 saturated heterocycles. The zero-order valence-electron chi connectivity index (χ0n) is 9.23. The molecule has 0 unspecified atom stereocenters. The zero-order chi connectivity index (χ0) is 11.8. The minimum absolute atomic E-state index is 0.0580. The van der Waals surface area contributed by atoms with Crippen molar-refractivity contribution in [3.05, 3.63) is 30.3 Å². The number of carbonyl (C=O) groups excluding carboxylic acids is 2. The van der Waals surface area contributed by atoms with Gasteiger partial charge in [0.05, 0.1) is 19.6 Å². The number of carbonyl (C=O) groups is 2. The number of ether oxygens (including phenoxy) is 1. The van der Waals surface area contributed by atoms with Gasteiger partial charge in [0, 0.05) is 0 Å². The zero-order valence-corrected chi connectivity index (χ0v) is 9.23. The molecule has 1 amide bonds. The Morgan fingerprint density at radius 1 is 1.25 bits per heavy atom. The van der Waals surface area contributed by atoms with Crippen LogP contribution in [0.4, 0.5) is 0 Å². The molecular weight excluding hydrogens is 206 g/mol. The Bertz CT molecular complexity index is 349. The SMILES string of the molecule is CC(=O)CNC(=O)CCOc1ccccc1. The van der Waals surface area contributed by atoms with Crippen molar-refractivity contribution in [3.63, 3.8) is 0 Å². The lowest BCUT2D eigenvalue weighted by Gasteiger charge is -2.05. The quantitative estimate of drug-likeness (QED) is 0.784. The smallest absolute Gasteiger partial charge is 0.223 e. The maximum absolute atomic E-state index is 11.2. The van der Waals surface area contributed by atoms with Gasteiger partial charge in [0.25, 0.3) is 0 Å². The molecule has 0 aliphatic carbocycles. The second-order valence-electron chi connectivity index (χ2n) is 3.39. The highest BCUT2D eigenvalue weighted by molar-refractivity contribution is 5.84. The van der Waals surface area contributed by atoms with Crippen LogP contribution in [0.25, 0.3) is 0 Å². The van der Waals surface area contributed by atoms with E-state index in [1.807, 2.05) is 30.3 Å². The number of Topliss-reactive ketones (excluding diaryl/α,β-unsaturated/α-hetero) is 1. The number of rotatable bonds is 6. The van der Waals surface area contributed by atoms with E-state index >= 15 is 0 Å². The summed E-state index contributed by atoms with van der Waals surface area (Å²) in [6.45, 7) is 1.83. The average molecular weight is 221 g/mol. The highest BCUT2D eigenvalue weighted by Gasteiger charge is 2.02. The van der Waals surface area contributed by atoms with Gasteiger partial charge in [-0.05, 0) is 19.1 Å². The minimum atomic E-state index is -0.175. The largest absolute Gasteiger partial charge is 0.493 e. The standard InChI is InChI=1S/C12H15NO3/c1-10(14)9-13-12(15)7-8-16-11-5-3-2-4-6-11/h2-6H,7-9H2,1H3,(H,13,15). The van der Waals surface area contributed by atoms with Crippen molar-refractivity contribution in [1.82, 2.24) is 5.32 Å². The molecule has 16 heavy (non-hydrogen) atoms. The van der Waals surface area contributed by atoms with Crippen LogP contribution in [-0.2, 0) is 9.59 Å². The maximum Gasteiger partial charge on any atom is 0.223 e. The molecule has 0 saturated carbocycles. The summed E-state index contributed by atoms with van der Waals surface area (Å²) >= 11 is 0. The molecule has 0 radical (unpaired) electrons. The van der Waals surface area contributed by atoms with Crippen molar-refractivity contribution in [2.45, 2.75) is 13.3 Å². The number of benzene rings is 1. The highest BCUT2D eigenvalue weighted by Crippen LogP contribution is 2.08. The Morgan fingerprint density at radius 2 is 1.94 bits per heavy atom. The molecule has 0 heterocycles. The third kappa shape index (κ3) is 5.14. The molecule has 0 atom stereocenters. The van der Waals surface area contributed by atoms with E-state index in [9.17, 15) is 9.59 Å².